The highest BCUT2D eigenvalue weighted by Gasteiger charge is 2.14. The van der Waals surface area contributed by atoms with Crippen LogP contribution in [0.5, 0.6) is 5.75 Å². The molecule has 4 nitrogen and oxygen atoms in total. The van der Waals surface area contributed by atoms with Crippen molar-refractivity contribution in [2.75, 3.05) is 6.54 Å². The maximum atomic E-state index is 13.0. The third-order valence-electron chi connectivity index (χ3n) is 2.84. The van der Waals surface area contributed by atoms with Crippen LogP contribution in [0, 0.1) is 5.82 Å². The van der Waals surface area contributed by atoms with Gasteiger partial charge in [0.15, 0.2) is 0 Å². The van der Waals surface area contributed by atoms with Crippen molar-refractivity contribution in [1.29, 1.82) is 0 Å². The van der Waals surface area contributed by atoms with Crippen molar-refractivity contribution in [2.45, 2.75) is 6.10 Å². The molecule has 2 rings (SSSR count). The molecule has 0 unspecified atom stereocenters. The Hall–Kier alpha value is -2.40. The second-order valence-electron chi connectivity index (χ2n) is 4.30. The molecule has 20 heavy (non-hydrogen) atoms. The molecule has 0 heterocycles. The van der Waals surface area contributed by atoms with E-state index in [0.29, 0.717) is 5.56 Å². The molecule has 1 amide bonds. The van der Waals surface area contributed by atoms with Gasteiger partial charge >= 0.3 is 0 Å². The third kappa shape index (κ3) is 3.33. The van der Waals surface area contributed by atoms with E-state index in [-0.39, 0.29) is 17.9 Å². The average Bonchev–Trinajstić information content (AvgIpc) is 2.47. The van der Waals surface area contributed by atoms with Crippen molar-refractivity contribution in [2.24, 2.45) is 0 Å². The van der Waals surface area contributed by atoms with Crippen molar-refractivity contribution in [3.8, 4) is 5.75 Å². The Morgan fingerprint density at radius 3 is 2.60 bits per heavy atom. The van der Waals surface area contributed by atoms with E-state index >= 15 is 0 Å². The van der Waals surface area contributed by atoms with Gasteiger partial charge in [-0.1, -0.05) is 30.3 Å². The van der Waals surface area contributed by atoms with Gasteiger partial charge in [-0.2, -0.15) is 0 Å². The lowest BCUT2D eigenvalue weighted by Gasteiger charge is -2.12. The number of carbonyl (C=O) groups is 1. The highest BCUT2D eigenvalue weighted by atomic mass is 19.1. The fourth-order valence-electron chi connectivity index (χ4n) is 1.77. The molecule has 104 valence electrons. The SMILES string of the molecule is O=C(NC[C@@H](O)c1ccccc1)c1cc(F)ccc1O. The number of phenolic OH excluding ortho intramolecular Hbond substituents is 1. The molecule has 0 aliphatic carbocycles. The summed E-state index contributed by atoms with van der Waals surface area (Å²) in [4.78, 5) is 11.8. The maximum absolute atomic E-state index is 13.0. The molecule has 0 fully saturated rings. The van der Waals surface area contributed by atoms with Crippen molar-refractivity contribution in [3.05, 3.63) is 65.5 Å². The lowest BCUT2D eigenvalue weighted by molar-refractivity contribution is 0.0913. The number of phenols is 1. The predicted octanol–water partition coefficient (Wildman–Crippen LogP) is 1.99. The number of rotatable bonds is 4. The summed E-state index contributed by atoms with van der Waals surface area (Å²) in [5, 5.41) is 21.8. The quantitative estimate of drug-likeness (QED) is 0.799. The monoisotopic (exact) mass is 275 g/mol. The van der Waals surface area contributed by atoms with Crippen LogP contribution >= 0.6 is 0 Å². The summed E-state index contributed by atoms with van der Waals surface area (Å²) < 4.78 is 13.0. The number of hydrogen-bond acceptors (Lipinski definition) is 3. The summed E-state index contributed by atoms with van der Waals surface area (Å²) in [5.41, 5.74) is 0.501. The molecule has 0 aromatic heterocycles. The minimum absolute atomic E-state index is 0.0290. The summed E-state index contributed by atoms with van der Waals surface area (Å²) in [6.45, 7) is -0.0290. The number of nitrogens with one attached hydrogen (secondary N) is 1. The maximum Gasteiger partial charge on any atom is 0.255 e. The van der Waals surface area contributed by atoms with Gasteiger partial charge in [-0.3, -0.25) is 4.79 Å². The second-order valence-corrected chi connectivity index (χ2v) is 4.30. The largest absolute Gasteiger partial charge is 0.507 e. The number of amides is 1. The summed E-state index contributed by atoms with van der Waals surface area (Å²) in [6.07, 6.45) is -0.865. The first-order valence-corrected chi connectivity index (χ1v) is 6.07. The average molecular weight is 275 g/mol. The number of halogens is 1. The fourth-order valence-corrected chi connectivity index (χ4v) is 1.77. The van der Waals surface area contributed by atoms with Gasteiger partial charge in [-0.15, -0.1) is 0 Å². The number of aliphatic hydroxyl groups excluding tert-OH is 1. The Morgan fingerprint density at radius 1 is 1.20 bits per heavy atom. The van der Waals surface area contributed by atoms with Crippen molar-refractivity contribution in [1.82, 2.24) is 5.32 Å². The van der Waals surface area contributed by atoms with Crippen LogP contribution in [0.3, 0.4) is 0 Å². The topological polar surface area (TPSA) is 69.6 Å². The number of hydrogen-bond donors (Lipinski definition) is 3. The molecule has 0 aliphatic rings. The predicted molar refractivity (Wildman–Crippen MR) is 71.8 cm³/mol. The van der Waals surface area contributed by atoms with Crippen LogP contribution in [0.1, 0.15) is 22.0 Å². The van der Waals surface area contributed by atoms with Gasteiger partial charge in [0.05, 0.1) is 11.7 Å². The van der Waals surface area contributed by atoms with Crippen LogP contribution in [0.15, 0.2) is 48.5 Å². The molecule has 3 N–H and O–H groups in total. The Kier molecular flexibility index (Phi) is 4.32. The van der Waals surface area contributed by atoms with Gasteiger partial charge in [0.1, 0.15) is 11.6 Å². The molecule has 0 aliphatic heterocycles. The fraction of sp³-hybridized carbons (Fsp3) is 0.133. The highest BCUT2D eigenvalue weighted by Crippen LogP contribution is 2.18. The summed E-state index contributed by atoms with van der Waals surface area (Å²) in [7, 11) is 0. The van der Waals surface area contributed by atoms with Gasteiger partial charge in [-0.05, 0) is 23.8 Å². The molecule has 0 spiro atoms. The highest BCUT2D eigenvalue weighted by molar-refractivity contribution is 5.96. The third-order valence-corrected chi connectivity index (χ3v) is 2.84. The molecule has 2 aromatic carbocycles. The number of aliphatic hydroxyl groups is 1. The van der Waals surface area contributed by atoms with E-state index in [1.54, 1.807) is 24.3 Å². The lowest BCUT2D eigenvalue weighted by Crippen LogP contribution is -2.28. The van der Waals surface area contributed by atoms with Gasteiger partial charge in [0.25, 0.3) is 5.91 Å². The molecule has 0 bridgehead atoms. The molecule has 2 aromatic rings. The zero-order valence-electron chi connectivity index (χ0n) is 10.6. The van der Waals surface area contributed by atoms with E-state index in [1.165, 1.54) is 0 Å². The summed E-state index contributed by atoms with van der Waals surface area (Å²) >= 11 is 0. The van der Waals surface area contributed by atoms with E-state index in [1.807, 2.05) is 6.07 Å². The first kappa shape index (κ1) is 14.0. The van der Waals surface area contributed by atoms with Crippen LogP contribution in [0.25, 0.3) is 0 Å². The lowest BCUT2D eigenvalue weighted by atomic mass is 10.1. The zero-order chi connectivity index (χ0) is 14.5. The van der Waals surface area contributed by atoms with Gasteiger partial charge in [0, 0.05) is 6.54 Å². The number of carbonyl (C=O) groups excluding carboxylic acids is 1. The Morgan fingerprint density at radius 2 is 1.90 bits per heavy atom. The number of benzene rings is 2. The Labute approximate surface area is 115 Å². The van der Waals surface area contributed by atoms with Gasteiger partial charge < -0.3 is 15.5 Å². The minimum atomic E-state index is -0.865. The molecule has 0 radical (unpaired) electrons. The van der Waals surface area contributed by atoms with Crippen LogP contribution in [0.4, 0.5) is 4.39 Å². The standard InChI is InChI=1S/C15H14FNO3/c16-11-6-7-13(18)12(8-11)15(20)17-9-14(19)10-4-2-1-3-5-10/h1-8,14,18-19H,9H2,(H,17,20)/t14-/m1/s1. The number of aromatic hydroxyl groups is 1. The van der Waals surface area contributed by atoms with Crippen LogP contribution < -0.4 is 5.32 Å². The van der Waals surface area contributed by atoms with E-state index in [2.05, 4.69) is 5.32 Å². The van der Waals surface area contributed by atoms with Gasteiger partial charge in [-0.25, -0.2) is 4.39 Å². The zero-order valence-corrected chi connectivity index (χ0v) is 10.6. The van der Waals surface area contributed by atoms with Crippen LogP contribution in [-0.4, -0.2) is 22.7 Å². The molecule has 1 atom stereocenters. The van der Waals surface area contributed by atoms with Crippen LogP contribution in [-0.2, 0) is 0 Å². The molecular weight excluding hydrogens is 261 g/mol. The molecule has 0 saturated heterocycles. The molecular formula is C15H14FNO3. The van der Waals surface area contributed by atoms with E-state index in [4.69, 9.17) is 0 Å². The summed E-state index contributed by atoms with van der Waals surface area (Å²) in [5.74, 6) is -1.56. The van der Waals surface area contributed by atoms with Crippen LogP contribution in [0.2, 0.25) is 0 Å². The smallest absolute Gasteiger partial charge is 0.255 e. The van der Waals surface area contributed by atoms with Gasteiger partial charge in [0.2, 0.25) is 0 Å². The van der Waals surface area contributed by atoms with Crippen molar-refractivity contribution < 1.29 is 19.4 Å². The minimum Gasteiger partial charge on any atom is -0.507 e. The Balaban J connectivity index is 2.00. The van der Waals surface area contributed by atoms with E-state index in [9.17, 15) is 19.4 Å². The second kappa shape index (κ2) is 6.16. The molecule has 5 heteroatoms. The van der Waals surface area contributed by atoms with Crippen molar-refractivity contribution in [3.63, 3.8) is 0 Å². The summed E-state index contributed by atoms with van der Waals surface area (Å²) in [6, 6.07) is 12.0. The first-order valence-electron chi connectivity index (χ1n) is 6.07. The normalized spacial score (nSPS) is 11.9. The van der Waals surface area contributed by atoms with E-state index in [0.717, 1.165) is 18.2 Å². The molecule has 0 saturated carbocycles. The first-order chi connectivity index (χ1) is 9.58. The van der Waals surface area contributed by atoms with Crippen molar-refractivity contribution >= 4 is 5.91 Å². The Bertz CT molecular complexity index is 601. The van der Waals surface area contributed by atoms with E-state index < -0.39 is 17.8 Å².